The molecule has 20 heavy (non-hydrogen) atoms. The van der Waals surface area contributed by atoms with Gasteiger partial charge < -0.3 is 4.74 Å². The van der Waals surface area contributed by atoms with Crippen molar-refractivity contribution in [1.29, 1.82) is 0 Å². The quantitative estimate of drug-likeness (QED) is 0.677. The van der Waals surface area contributed by atoms with Gasteiger partial charge >= 0.3 is 0 Å². The lowest BCUT2D eigenvalue weighted by Gasteiger charge is -2.09. The van der Waals surface area contributed by atoms with E-state index < -0.39 is 0 Å². The lowest BCUT2D eigenvalue weighted by atomic mass is 10.1. The van der Waals surface area contributed by atoms with Crippen LogP contribution < -0.4 is 4.74 Å². The van der Waals surface area contributed by atoms with E-state index in [-0.39, 0.29) is 0 Å². The molecule has 0 aliphatic heterocycles. The molecule has 0 fully saturated rings. The van der Waals surface area contributed by atoms with Crippen LogP contribution in [0.1, 0.15) is 11.1 Å². The average Bonchev–Trinajstić information content (AvgIpc) is 2.44. The van der Waals surface area contributed by atoms with Gasteiger partial charge in [0.2, 0.25) is 5.88 Å². The maximum atomic E-state index is 5.81. The van der Waals surface area contributed by atoms with E-state index in [0.717, 1.165) is 32.4 Å². The molecule has 0 N–H and O–H groups in total. The van der Waals surface area contributed by atoms with Crippen molar-refractivity contribution < 1.29 is 4.74 Å². The third-order valence-electron chi connectivity index (χ3n) is 3.06. The highest BCUT2D eigenvalue weighted by Crippen LogP contribution is 2.29. The summed E-state index contributed by atoms with van der Waals surface area (Å²) in [5.41, 5.74) is 3.96. The Bertz CT molecular complexity index is 763. The summed E-state index contributed by atoms with van der Waals surface area (Å²) in [6.45, 7) is 4.08. The van der Waals surface area contributed by atoms with Crippen molar-refractivity contribution in [3.8, 4) is 11.6 Å². The van der Waals surface area contributed by atoms with Crippen LogP contribution in [0, 0.1) is 13.8 Å². The van der Waals surface area contributed by atoms with Crippen molar-refractivity contribution in [1.82, 2.24) is 9.97 Å². The zero-order valence-electron chi connectivity index (χ0n) is 11.2. The molecule has 0 aliphatic carbocycles. The second kappa shape index (κ2) is 5.21. The fraction of sp³-hybridized carbons (Fsp3) is 0.125. The molecule has 0 spiro atoms. The number of benzene rings is 2. The zero-order chi connectivity index (χ0) is 14.1. The average molecular weight is 329 g/mol. The van der Waals surface area contributed by atoms with Crippen LogP contribution in [0.5, 0.6) is 11.6 Å². The van der Waals surface area contributed by atoms with Crippen molar-refractivity contribution in [2.45, 2.75) is 13.8 Å². The van der Waals surface area contributed by atoms with E-state index in [1.54, 1.807) is 6.20 Å². The van der Waals surface area contributed by atoms with Crippen LogP contribution in [-0.2, 0) is 0 Å². The minimum absolute atomic E-state index is 0.504. The molecule has 0 bridgehead atoms. The Labute approximate surface area is 125 Å². The topological polar surface area (TPSA) is 35.0 Å². The summed E-state index contributed by atoms with van der Waals surface area (Å²) in [4.78, 5) is 8.80. The maximum Gasteiger partial charge on any atom is 0.238 e. The Morgan fingerprint density at radius 2 is 1.65 bits per heavy atom. The Morgan fingerprint density at radius 1 is 1.00 bits per heavy atom. The Kier molecular flexibility index (Phi) is 3.40. The van der Waals surface area contributed by atoms with Gasteiger partial charge in [-0.15, -0.1) is 0 Å². The summed E-state index contributed by atoms with van der Waals surface area (Å²) in [5.74, 6) is 1.28. The van der Waals surface area contributed by atoms with E-state index >= 15 is 0 Å². The highest BCUT2D eigenvalue weighted by atomic mass is 79.9. The molecule has 0 saturated heterocycles. The van der Waals surface area contributed by atoms with Gasteiger partial charge in [0.15, 0.2) is 0 Å². The summed E-state index contributed by atoms with van der Waals surface area (Å²) in [6, 6.07) is 11.7. The van der Waals surface area contributed by atoms with Crippen LogP contribution in [0.25, 0.3) is 11.0 Å². The molecule has 1 heterocycles. The van der Waals surface area contributed by atoms with Gasteiger partial charge in [-0.3, -0.25) is 0 Å². The van der Waals surface area contributed by atoms with Crippen molar-refractivity contribution in [3.05, 3.63) is 58.2 Å². The van der Waals surface area contributed by atoms with Crippen molar-refractivity contribution in [2.24, 2.45) is 0 Å². The normalized spacial score (nSPS) is 10.8. The predicted molar refractivity (Wildman–Crippen MR) is 83.2 cm³/mol. The third-order valence-corrected chi connectivity index (χ3v) is 4.31. The number of fused-ring (bicyclic) bond motifs is 1. The van der Waals surface area contributed by atoms with E-state index in [0.29, 0.717) is 5.88 Å². The first-order valence-corrected chi connectivity index (χ1v) is 7.09. The van der Waals surface area contributed by atoms with Crippen LogP contribution in [0.3, 0.4) is 0 Å². The molecule has 0 saturated carbocycles. The predicted octanol–water partition coefficient (Wildman–Crippen LogP) is 4.80. The van der Waals surface area contributed by atoms with Gasteiger partial charge in [-0.05, 0) is 49.2 Å². The number of nitrogens with zero attached hydrogens (tertiary/aromatic N) is 2. The Morgan fingerprint density at radius 3 is 2.35 bits per heavy atom. The monoisotopic (exact) mass is 328 g/mol. The van der Waals surface area contributed by atoms with E-state index in [1.165, 1.54) is 0 Å². The first-order valence-electron chi connectivity index (χ1n) is 6.30. The maximum absolute atomic E-state index is 5.81. The molecular formula is C16H13BrN2O. The SMILES string of the molecule is Cc1cc(Oc2cnc3ccccc3n2)cc(C)c1Br. The van der Waals surface area contributed by atoms with Gasteiger partial charge in [0.05, 0.1) is 17.2 Å². The van der Waals surface area contributed by atoms with Crippen molar-refractivity contribution in [3.63, 3.8) is 0 Å². The Hall–Kier alpha value is -1.94. The molecule has 2 aromatic carbocycles. The lowest BCUT2D eigenvalue weighted by Crippen LogP contribution is -1.92. The van der Waals surface area contributed by atoms with Gasteiger partial charge in [-0.25, -0.2) is 9.97 Å². The van der Waals surface area contributed by atoms with Crippen LogP contribution in [0.4, 0.5) is 0 Å². The van der Waals surface area contributed by atoms with Crippen LogP contribution in [0.2, 0.25) is 0 Å². The molecule has 3 rings (SSSR count). The van der Waals surface area contributed by atoms with E-state index in [9.17, 15) is 0 Å². The number of hydrogen-bond acceptors (Lipinski definition) is 3. The number of halogens is 1. The summed E-state index contributed by atoms with van der Waals surface area (Å²) in [5, 5.41) is 0. The summed E-state index contributed by atoms with van der Waals surface area (Å²) < 4.78 is 6.91. The minimum atomic E-state index is 0.504. The first kappa shape index (κ1) is 13.1. The van der Waals surface area contributed by atoms with Gasteiger partial charge in [0, 0.05) is 4.47 Å². The number of ether oxygens (including phenoxy) is 1. The number of aromatic nitrogens is 2. The van der Waals surface area contributed by atoms with Gasteiger partial charge in [-0.2, -0.15) is 0 Å². The van der Waals surface area contributed by atoms with E-state index in [4.69, 9.17) is 4.74 Å². The van der Waals surface area contributed by atoms with E-state index in [1.807, 2.05) is 50.2 Å². The van der Waals surface area contributed by atoms with E-state index in [2.05, 4.69) is 25.9 Å². The molecule has 0 amide bonds. The molecule has 0 aliphatic rings. The molecule has 0 radical (unpaired) electrons. The highest BCUT2D eigenvalue weighted by Gasteiger charge is 2.06. The number of aryl methyl sites for hydroxylation is 2. The molecule has 0 atom stereocenters. The number of rotatable bonds is 2. The smallest absolute Gasteiger partial charge is 0.238 e. The fourth-order valence-corrected chi connectivity index (χ4v) is 2.30. The van der Waals surface area contributed by atoms with Gasteiger partial charge in [0.25, 0.3) is 0 Å². The first-order chi connectivity index (χ1) is 9.63. The van der Waals surface area contributed by atoms with Crippen molar-refractivity contribution >= 4 is 27.0 Å². The van der Waals surface area contributed by atoms with Gasteiger partial charge in [0.1, 0.15) is 5.75 Å². The molecule has 4 heteroatoms. The molecular weight excluding hydrogens is 316 g/mol. The number of para-hydroxylation sites is 2. The second-order valence-electron chi connectivity index (χ2n) is 4.67. The minimum Gasteiger partial charge on any atom is -0.437 e. The second-order valence-corrected chi connectivity index (χ2v) is 5.46. The van der Waals surface area contributed by atoms with Crippen LogP contribution >= 0.6 is 15.9 Å². The summed E-state index contributed by atoms with van der Waals surface area (Å²) in [6.07, 6.45) is 1.65. The lowest BCUT2D eigenvalue weighted by molar-refractivity contribution is 0.462. The van der Waals surface area contributed by atoms with Gasteiger partial charge in [-0.1, -0.05) is 28.1 Å². The molecule has 3 nitrogen and oxygen atoms in total. The molecule has 0 unspecified atom stereocenters. The van der Waals surface area contributed by atoms with Crippen LogP contribution in [-0.4, -0.2) is 9.97 Å². The molecule has 3 aromatic rings. The van der Waals surface area contributed by atoms with Crippen LogP contribution in [0.15, 0.2) is 47.1 Å². The molecule has 1 aromatic heterocycles. The largest absolute Gasteiger partial charge is 0.437 e. The van der Waals surface area contributed by atoms with Crippen molar-refractivity contribution in [2.75, 3.05) is 0 Å². The third kappa shape index (κ3) is 2.51. The Balaban J connectivity index is 1.96. The number of hydrogen-bond donors (Lipinski definition) is 0. The molecule has 100 valence electrons. The highest BCUT2D eigenvalue weighted by molar-refractivity contribution is 9.10. The fourth-order valence-electron chi connectivity index (χ4n) is 2.08. The zero-order valence-corrected chi connectivity index (χ0v) is 12.8. The summed E-state index contributed by atoms with van der Waals surface area (Å²) >= 11 is 3.55. The standard InChI is InChI=1S/C16H13BrN2O/c1-10-7-12(8-11(2)16(10)17)20-15-9-18-13-5-3-4-6-14(13)19-15/h3-9H,1-2H3. The summed E-state index contributed by atoms with van der Waals surface area (Å²) in [7, 11) is 0.